The molecule has 1 fully saturated rings. The smallest absolute Gasteiger partial charge is 0.0555 e. The monoisotopic (exact) mass is 278 g/mol. The first-order chi connectivity index (χ1) is 9.33. The number of thiophene rings is 1. The van der Waals surface area contributed by atoms with Gasteiger partial charge in [0.2, 0.25) is 0 Å². The van der Waals surface area contributed by atoms with E-state index < -0.39 is 0 Å². The molecule has 1 atom stereocenters. The minimum Gasteiger partial charge on any atom is -0.396 e. The summed E-state index contributed by atoms with van der Waals surface area (Å²) in [4.78, 5) is 3.86. The van der Waals surface area contributed by atoms with Crippen LogP contribution in [0, 0.1) is 11.8 Å². The van der Waals surface area contributed by atoms with Gasteiger partial charge >= 0.3 is 0 Å². The van der Waals surface area contributed by atoms with Crippen LogP contribution in [0.4, 0.5) is 0 Å². The molecule has 1 aromatic heterocycles. The highest BCUT2D eigenvalue weighted by Crippen LogP contribution is 2.24. The number of hydrogen-bond donors (Lipinski definition) is 2. The molecule has 1 aliphatic rings. The van der Waals surface area contributed by atoms with Crippen molar-refractivity contribution in [2.45, 2.75) is 38.3 Å². The van der Waals surface area contributed by atoms with E-state index in [1.165, 1.54) is 24.1 Å². The summed E-state index contributed by atoms with van der Waals surface area (Å²) in [5, 5.41) is 11.2. The van der Waals surface area contributed by atoms with Crippen LogP contribution in [0.15, 0.2) is 11.4 Å². The van der Waals surface area contributed by atoms with Gasteiger partial charge in [-0.1, -0.05) is 18.3 Å². The predicted octanol–water partition coefficient (Wildman–Crippen LogP) is 1.80. The first-order valence-corrected chi connectivity index (χ1v) is 7.82. The molecule has 3 nitrogen and oxygen atoms in total. The molecule has 0 amide bonds. The lowest BCUT2D eigenvalue weighted by atomic mass is 9.99. The van der Waals surface area contributed by atoms with Crippen LogP contribution in [-0.4, -0.2) is 35.7 Å². The molecular formula is C15H22N2OS. The molecule has 3 N–H and O–H groups in total. The maximum absolute atomic E-state index is 9.15. The third-order valence-corrected chi connectivity index (χ3v) is 4.48. The summed E-state index contributed by atoms with van der Waals surface area (Å²) < 4.78 is 0. The van der Waals surface area contributed by atoms with Crippen LogP contribution < -0.4 is 5.73 Å². The third-order valence-electron chi connectivity index (χ3n) is 3.56. The summed E-state index contributed by atoms with van der Waals surface area (Å²) in [6, 6.07) is 2.71. The van der Waals surface area contributed by atoms with Crippen molar-refractivity contribution in [1.29, 1.82) is 0 Å². The van der Waals surface area contributed by atoms with Crippen molar-refractivity contribution in [3.63, 3.8) is 0 Å². The van der Waals surface area contributed by atoms with Gasteiger partial charge in [-0.3, -0.25) is 4.90 Å². The molecule has 19 heavy (non-hydrogen) atoms. The van der Waals surface area contributed by atoms with E-state index in [1.807, 2.05) is 0 Å². The number of nitrogens with two attached hydrogens (primary N) is 1. The molecule has 1 aliphatic heterocycles. The average Bonchev–Trinajstić information content (AvgIpc) is 2.87. The van der Waals surface area contributed by atoms with Crippen molar-refractivity contribution in [3.05, 3.63) is 21.9 Å². The van der Waals surface area contributed by atoms with Gasteiger partial charge in [-0.15, -0.1) is 11.3 Å². The highest BCUT2D eigenvalue weighted by Gasteiger charge is 2.22. The quantitative estimate of drug-likeness (QED) is 0.826. The highest BCUT2D eigenvalue weighted by atomic mass is 32.1. The molecule has 1 aromatic rings. The number of piperidine rings is 1. The highest BCUT2D eigenvalue weighted by molar-refractivity contribution is 7.10. The van der Waals surface area contributed by atoms with E-state index >= 15 is 0 Å². The van der Waals surface area contributed by atoms with E-state index in [2.05, 4.69) is 28.2 Å². The van der Waals surface area contributed by atoms with Crippen LogP contribution in [0.1, 0.15) is 36.1 Å². The molecule has 104 valence electrons. The summed E-state index contributed by atoms with van der Waals surface area (Å²) in [5.41, 5.74) is 6.45. The van der Waals surface area contributed by atoms with E-state index in [9.17, 15) is 0 Å². The zero-order valence-electron chi connectivity index (χ0n) is 11.3. The molecule has 0 bridgehead atoms. The minimum atomic E-state index is 0.291. The standard InChI is InChI=1S/C15H22N2OS/c16-7-3-4-13-10-15(19-12-13)11-17-8-2-1-5-14(17)6-9-18/h10,12,14,18H,1-2,5-9,11,16H2. The largest absolute Gasteiger partial charge is 0.396 e. The van der Waals surface area contributed by atoms with Crippen molar-refractivity contribution in [2.24, 2.45) is 5.73 Å². The fourth-order valence-corrected chi connectivity index (χ4v) is 3.47. The molecule has 1 saturated heterocycles. The fourth-order valence-electron chi connectivity index (χ4n) is 2.63. The summed E-state index contributed by atoms with van der Waals surface area (Å²) in [6.45, 7) is 2.83. The topological polar surface area (TPSA) is 49.5 Å². The van der Waals surface area contributed by atoms with Gasteiger partial charge in [0, 0.05) is 35.0 Å². The first-order valence-electron chi connectivity index (χ1n) is 6.94. The van der Waals surface area contributed by atoms with E-state index in [4.69, 9.17) is 10.8 Å². The molecule has 0 aliphatic carbocycles. The zero-order valence-corrected chi connectivity index (χ0v) is 12.1. The van der Waals surface area contributed by atoms with E-state index in [0.717, 1.165) is 25.1 Å². The van der Waals surface area contributed by atoms with Crippen LogP contribution in [0.3, 0.4) is 0 Å². The lowest BCUT2D eigenvalue weighted by molar-refractivity contribution is 0.113. The molecule has 4 heteroatoms. The Morgan fingerprint density at radius 2 is 2.37 bits per heavy atom. The number of nitrogens with zero attached hydrogens (tertiary/aromatic N) is 1. The maximum Gasteiger partial charge on any atom is 0.0555 e. The van der Waals surface area contributed by atoms with E-state index in [1.54, 1.807) is 11.3 Å². The molecule has 0 spiro atoms. The molecule has 2 rings (SSSR count). The Labute approximate surface area is 119 Å². The van der Waals surface area contributed by atoms with Crippen LogP contribution in [0.25, 0.3) is 0 Å². The normalized spacial score (nSPS) is 20.0. The van der Waals surface area contributed by atoms with Gasteiger partial charge in [-0.2, -0.15) is 0 Å². The van der Waals surface area contributed by atoms with Crippen molar-refractivity contribution < 1.29 is 5.11 Å². The molecule has 0 aromatic carbocycles. The second-order valence-electron chi connectivity index (χ2n) is 4.94. The molecular weight excluding hydrogens is 256 g/mol. The van der Waals surface area contributed by atoms with Gasteiger partial charge in [0.15, 0.2) is 0 Å². The number of aliphatic hydroxyl groups excluding tert-OH is 1. The van der Waals surface area contributed by atoms with Gasteiger partial charge in [0.05, 0.1) is 6.54 Å². The van der Waals surface area contributed by atoms with Gasteiger partial charge in [0.25, 0.3) is 0 Å². The van der Waals surface area contributed by atoms with Crippen LogP contribution in [-0.2, 0) is 6.54 Å². The van der Waals surface area contributed by atoms with Crippen LogP contribution in [0.2, 0.25) is 0 Å². The summed E-state index contributed by atoms with van der Waals surface area (Å²) >= 11 is 1.77. The van der Waals surface area contributed by atoms with Crippen molar-refractivity contribution in [3.8, 4) is 11.8 Å². The van der Waals surface area contributed by atoms with Crippen LogP contribution in [0.5, 0.6) is 0 Å². The molecule has 1 unspecified atom stereocenters. The Balaban J connectivity index is 1.96. The molecule has 2 heterocycles. The Hall–Kier alpha value is -0.860. The number of likely N-dealkylation sites (tertiary alicyclic amines) is 1. The van der Waals surface area contributed by atoms with E-state index in [-0.39, 0.29) is 0 Å². The van der Waals surface area contributed by atoms with Crippen molar-refractivity contribution in [1.82, 2.24) is 4.90 Å². The second kappa shape index (κ2) is 7.66. The molecule has 0 radical (unpaired) electrons. The maximum atomic E-state index is 9.15. The zero-order chi connectivity index (χ0) is 13.5. The number of aliphatic hydroxyl groups is 1. The Kier molecular flexibility index (Phi) is 5.87. The predicted molar refractivity (Wildman–Crippen MR) is 80.0 cm³/mol. The Morgan fingerprint density at radius 1 is 1.47 bits per heavy atom. The molecule has 0 saturated carbocycles. The third kappa shape index (κ3) is 4.32. The average molecular weight is 278 g/mol. The Bertz CT molecular complexity index is 444. The van der Waals surface area contributed by atoms with Gasteiger partial charge in [0.1, 0.15) is 0 Å². The summed E-state index contributed by atoms with van der Waals surface area (Å²) in [5.74, 6) is 5.96. The first kappa shape index (κ1) is 14.5. The van der Waals surface area contributed by atoms with Gasteiger partial charge in [-0.05, 0) is 31.9 Å². The Morgan fingerprint density at radius 3 is 3.16 bits per heavy atom. The van der Waals surface area contributed by atoms with Gasteiger partial charge < -0.3 is 10.8 Å². The SMILES string of the molecule is NCC#Cc1csc(CN2CCCCC2CCO)c1. The van der Waals surface area contributed by atoms with Gasteiger partial charge in [-0.25, -0.2) is 0 Å². The summed E-state index contributed by atoms with van der Waals surface area (Å²) in [7, 11) is 0. The lowest BCUT2D eigenvalue weighted by Gasteiger charge is -2.35. The van der Waals surface area contributed by atoms with Crippen LogP contribution >= 0.6 is 11.3 Å². The fraction of sp³-hybridized carbons (Fsp3) is 0.600. The minimum absolute atomic E-state index is 0.291. The number of rotatable bonds is 4. The second-order valence-corrected chi connectivity index (χ2v) is 5.94. The van der Waals surface area contributed by atoms with E-state index in [0.29, 0.717) is 19.2 Å². The summed E-state index contributed by atoms with van der Waals surface area (Å²) in [6.07, 6.45) is 4.67. The lowest BCUT2D eigenvalue weighted by Crippen LogP contribution is -2.39. The number of hydrogen-bond acceptors (Lipinski definition) is 4. The van der Waals surface area contributed by atoms with Crippen molar-refractivity contribution >= 4 is 11.3 Å². The van der Waals surface area contributed by atoms with Crippen molar-refractivity contribution in [2.75, 3.05) is 19.7 Å².